The van der Waals surface area contributed by atoms with Gasteiger partial charge in [0.05, 0.1) is 28.4 Å². The molecule has 3 aromatic rings. The summed E-state index contributed by atoms with van der Waals surface area (Å²) in [5, 5.41) is 4.14. The number of nitrogens with zero attached hydrogens (tertiary/aromatic N) is 3. The molecule has 0 spiro atoms. The summed E-state index contributed by atoms with van der Waals surface area (Å²) in [5.74, 6) is 0. The number of pyridine rings is 1. The standard InChI is InChI=1S/C8H5IN4/c9-13-7-3-5-1-2-10-8(5)12-6(7)4-11-13/h1-4,11H. The van der Waals surface area contributed by atoms with Crippen LogP contribution in [0.25, 0.3) is 22.1 Å². The molecule has 5 heteroatoms. The van der Waals surface area contributed by atoms with Gasteiger partial charge in [-0.25, -0.2) is 12.9 Å². The van der Waals surface area contributed by atoms with E-state index in [-0.39, 0.29) is 0 Å². The number of aromatic amines is 1. The first-order valence-electron chi connectivity index (χ1n) is 3.82. The molecule has 13 heavy (non-hydrogen) atoms. The highest BCUT2D eigenvalue weighted by Gasteiger charge is 2.03. The molecule has 0 aliphatic carbocycles. The summed E-state index contributed by atoms with van der Waals surface area (Å²) in [4.78, 5) is 8.53. The normalized spacial score (nSPS) is 11.5. The fourth-order valence-corrected chi connectivity index (χ4v) is 1.91. The zero-order valence-corrected chi connectivity index (χ0v) is 8.69. The number of nitrogens with one attached hydrogen (secondary N) is 1. The van der Waals surface area contributed by atoms with Crippen molar-refractivity contribution in [1.29, 1.82) is 0 Å². The molecular formula is C8H5IN4. The first-order valence-corrected chi connectivity index (χ1v) is 4.79. The van der Waals surface area contributed by atoms with Crippen molar-refractivity contribution in [3.05, 3.63) is 24.5 Å². The first kappa shape index (κ1) is 7.31. The van der Waals surface area contributed by atoms with Crippen molar-refractivity contribution in [2.24, 2.45) is 0 Å². The van der Waals surface area contributed by atoms with Gasteiger partial charge < -0.3 is 0 Å². The molecule has 0 saturated heterocycles. The van der Waals surface area contributed by atoms with Gasteiger partial charge in [-0.1, -0.05) is 0 Å². The van der Waals surface area contributed by atoms with Crippen molar-refractivity contribution in [3.63, 3.8) is 0 Å². The highest BCUT2D eigenvalue weighted by molar-refractivity contribution is 14.1. The molecule has 4 nitrogen and oxygen atoms in total. The van der Waals surface area contributed by atoms with Crippen LogP contribution in [0.2, 0.25) is 0 Å². The highest BCUT2D eigenvalue weighted by Crippen LogP contribution is 2.19. The molecule has 64 valence electrons. The molecule has 0 bridgehead atoms. The lowest BCUT2D eigenvalue weighted by Crippen LogP contribution is -1.81. The van der Waals surface area contributed by atoms with Gasteiger partial charge in [-0.3, -0.25) is 5.10 Å². The molecule has 0 saturated carbocycles. The Hall–Kier alpha value is -1.11. The number of hydrogen-bond donors (Lipinski definition) is 1. The second kappa shape index (κ2) is 2.44. The molecule has 0 aromatic carbocycles. The highest BCUT2D eigenvalue weighted by atomic mass is 127. The maximum atomic E-state index is 4.39. The van der Waals surface area contributed by atoms with Gasteiger partial charge in [-0.05, 0) is 12.1 Å². The van der Waals surface area contributed by atoms with E-state index in [4.69, 9.17) is 0 Å². The topological polar surface area (TPSA) is 46.5 Å². The lowest BCUT2D eigenvalue weighted by Gasteiger charge is -1.92. The second-order valence-corrected chi connectivity index (χ2v) is 3.77. The Labute approximate surface area is 87.4 Å². The number of fused-ring (bicyclic) bond motifs is 2. The zero-order valence-electron chi connectivity index (χ0n) is 6.53. The molecule has 0 fully saturated rings. The summed E-state index contributed by atoms with van der Waals surface area (Å²) in [6, 6.07) is 4.04. The van der Waals surface area contributed by atoms with Gasteiger partial charge in [0.1, 0.15) is 5.52 Å². The van der Waals surface area contributed by atoms with E-state index in [1.165, 1.54) is 0 Å². The summed E-state index contributed by atoms with van der Waals surface area (Å²) < 4.78 is 1.91. The van der Waals surface area contributed by atoms with Crippen LogP contribution < -0.4 is 0 Å². The Morgan fingerprint density at radius 2 is 2.38 bits per heavy atom. The average Bonchev–Trinajstić information content (AvgIpc) is 2.70. The van der Waals surface area contributed by atoms with Gasteiger partial charge in [0.25, 0.3) is 0 Å². The summed E-state index contributed by atoms with van der Waals surface area (Å²) >= 11 is 2.18. The van der Waals surface area contributed by atoms with Crippen LogP contribution in [0.3, 0.4) is 0 Å². The number of hydrogen-bond acceptors (Lipinski definition) is 2. The molecule has 0 aliphatic heterocycles. The second-order valence-electron chi connectivity index (χ2n) is 2.80. The Morgan fingerprint density at radius 3 is 3.31 bits per heavy atom. The van der Waals surface area contributed by atoms with Crippen LogP contribution in [0.1, 0.15) is 0 Å². The molecule has 3 aromatic heterocycles. The summed E-state index contributed by atoms with van der Waals surface area (Å²) in [6.07, 6.45) is 3.65. The van der Waals surface area contributed by atoms with Gasteiger partial charge in [-0.15, -0.1) is 0 Å². The number of aromatic nitrogens is 4. The largest absolute Gasteiger partial charge is 0.294 e. The number of halogens is 1. The van der Waals surface area contributed by atoms with E-state index in [2.05, 4.69) is 44.0 Å². The number of rotatable bonds is 0. The third-order valence-electron chi connectivity index (χ3n) is 2.02. The fourth-order valence-electron chi connectivity index (χ4n) is 1.39. The first-order chi connectivity index (χ1) is 6.34. The molecule has 0 atom stereocenters. The van der Waals surface area contributed by atoms with E-state index >= 15 is 0 Å². The molecule has 3 rings (SSSR count). The van der Waals surface area contributed by atoms with Crippen LogP contribution in [0.5, 0.6) is 0 Å². The van der Waals surface area contributed by atoms with E-state index in [0.717, 1.165) is 22.1 Å². The van der Waals surface area contributed by atoms with E-state index in [1.807, 2.05) is 15.2 Å². The molecule has 0 radical (unpaired) electrons. The van der Waals surface area contributed by atoms with Crippen molar-refractivity contribution in [1.82, 2.24) is 18.0 Å². The Bertz CT molecular complexity index is 580. The predicted molar refractivity (Wildman–Crippen MR) is 58.8 cm³/mol. The van der Waals surface area contributed by atoms with Gasteiger partial charge in [0, 0.05) is 17.8 Å². The SMILES string of the molecule is In1[nH]cc2nc3nccc3cc21. The molecular weight excluding hydrogens is 279 g/mol. The van der Waals surface area contributed by atoms with E-state index in [0.29, 0.717) is 0 Å². The maximum Gasteiger partial charge on any atom is 0.160 e. The lowest BCUT2D eigenvalue weighted by molar-refractivity contribution is 1.09. The molecule has 3 heterocycles. The molecule has 0 aliphatic rings. The van der Waals surface area contributed by atoms with Crippen LogP contribution in [0, 0.1) is 0 Å². The van der Waals surface area contributed by atoms with E-state index < -0.39 is 0 Å². The van der Waals surface area contributed by atoms with Gasteiger partial charge >= 0.3 is 0 Å². The zero-order chi connectivity index (χ0) is 8.84. The lowest BCUT2D eigenvalue weighted by atomic mass is 10.3. The van der Waals surface area contributed by atoms with E-state index in [9.17, 15) is 0 Å². The summed E-state index contributed by atoms with van der Waals surface area (Å²) in [7, 11) is 0. The van der Waals surface area contributed by atoms with Crippen LogP contribution in [-0.4, -0.2) is 18.0 Å². The van der Waals surface area contributed by atoms with Crippen LogP contribution in [0.4, 0.5) is 0 Å². The van der Waals surface area contributed by atoms with Gasteiger partial charge in [0.15, 0.2) is 5.65 Å². The Kier molecular flexibility index (Phi) is 1.37. The minimum atomic E-state index is 0.809. The molecule has 1 N–H and O–H groups in total. The minimum Gasteiger partial charge on any atom is -0.294 e. The fraction of sp³-hybridized carbons (Fsp3) is 0. The van der Waals surface area contributed by atoms with Crippen LogP contribution >= 0.6 is 22.9 Å². The monoisotopic (exact) mass is 284 g/mol. The minimum absolute atomic E-state index is 0.809. The summed E-state index contributed by atoms with van der Waals surface area (Å²) in [5.41, 5.74) is 2.84. The quantitative estimate of drug-likeness (QED) is 0.643. The number of H-pyrrole nitrogens is 1. The van der Waals surface area contributed by atoms with Crippen molar-refractivity contribution >= 4 is 44.9 Å². The summed E-state index contributed by atoms with van der Waals surface area (Å²) in [6.45, 7) is 0. The van der Waals surface area contributed by atoms with Crippen LogP contribution in [0.15, 0.2) is 24.5 Å². The van der Waals surface area contributed by atoms with Crippen molar-refractivity contribution in [3.8, 4) is 0 Å². The average molecular weight is 284 g/mol. The Morgan fingerprint density at radius 1 is 1.46 bits per heavy atom. The van der Waals surface area contributed by atoms with Crippen molar-refractivity contribution < 1.29 is 0 Å². The predicted octanol–water partition coefficient (Wildman–Crippen LogP) is 2.11. The van der Waals surface area contributed by atoms with Crippen molar-refractivity contribution in [2.45, 2.75) is 0 Å². The molecule has 0 unspecified atom stereocenters. The third kappa shape index (κ3) is 0.963. The third-order valence-corrected chi connectivity index (χ3v) is 2.81. The van der Waals surface area contributed by atoms with E-state index in [1.54, 1.807) is 6.20 Å². The van der Waals surface area contributed by atoms with Gasteiger partial charge in [0.2, 0.25) is 0 Å². The van der Waals surface area contributed by atoms with Crippen LogP contribution in [-0.2, 0) is 0 Å². The Balaban J connectivity index is 2.59. The smallest absolute Gasteiger partial charge is 0.160 e. The maximum absolute atomic E-state index is 4.39. The van der Waals surface area contributed by atoms with Gasteiger partial charge in [-0.2, -0.15) is 0 Å². The van der Waals surface area contributed by atoms with Crippen molar-refractivity contribution in [2.75, 3.05) is 0 Å². The molecule has 0 amide bonds.